The first-order chi connectivity index (χ1) is 23.6. The van der Waals surface area contributed by atoms with Gasteiger partial charge in [-0.2, -0.15) is 16.8 Å². The minimum atomic E-state index is -3.70. The fraction of sp³-hybridized carbons (Fsp3) is 0.474. The van der Waals surface area contributed by atoms with Crippen LogP contribution in [0.15, 0.2) is 66.7 Å². The zero-order chi connectivity index (χ0) is 34.7. The van der Waals surface area contributed by atoms with Gasteiger partial charge in [-0.05, 0) is 122 Å². The molecule has 1 aliphatic heterocycles. The van der Waals surface area contributed by atoms with Gasteiger partial charge in [0.25, 0.3) is 0 Å². The first-order valence-corrected chi connectivity index (χ1v) is 21.6. The number of hydrogen-bond donors (Lipinski definition) is 0. The summed E-state index contributed by atoms with van der Waals surface area (Å²) < 4.78 is 68.1. The predicted octanol–water partition coefficient (Wildman–Crippen LogP) is 9.24. The highest BCUT2D eigenvalue weighted by Crippen LogP contribution is 2.42. The summed E-state index contributed by atoms with van der Waals surface area (Å²) in [5.74, 6) is 1.40. The Morgan fingerprint density at radius 3 is 1.90 bits per heavy atom. The van der Waals surface area contributed by atoms with Crippen LogP contribution >= 0.6 is 23.7 Å². The fourth-order valence-electron chi connectivity index (χ4n) is 6.07. The number of nitrogens with zero attached hydrogens (tertiary/aromatic N) is 1. The van der Waals surface area contributed by atoms with Crippen molar-refractivity contribution in [3.05, 3.63) is 77.9 Å². The van der Waals surface area contributed by atoms with Crippen LogP contribution in [0, 0.1) is 0 Å². The van der Waals surface area contributed by atoms with Gasteiger partial charge in [0.15, 0.2) is 0 Å². The Morgan fingerprint density at radius 2 is 1.28 bits per heavy atom. The van der Waals surface area contributed by atoms with Crippen molar-refractivity contribution in [1.29, 1.82) is 0 Å². The molecule has 0 saturated carbocycles. The minimum Gasteiger partial charge on any atom is -0.492 e. The lowest BCUT2D eigenvalue weighted by Gasteiger charge is -2.26. The maximum absolute atomic E-state index is 12.6. The van der Waals surface area contributed by atoms with Crippen molar-refractivity contribution in [2.24, 2.45) is 0 Å². The number of rotatable bonds is 19. The van der Waals surface area contributed by atoms with Gasteiger partial charge in [-0.15, -0.1) is 23.7 Å². The third kappa shape index (κ3) is 11.9. The molecule has 1 aromatic heterocycles. The molecule has 0 bridgehead atoms. The predicted molar refractivity (Wildman–Crippen MR) is 207 cm³/mol. The topological polar surface area (TPSA) is 99.2 Å². The van der Waals surface area contributed by atoms with Gasteiger partial charge >= 0.3 is 20.2 Å². The van der Waals surface area contributed by atoms with Crippen LogP contribution in [0.3, 0.4) is 0 Å². The molecule has 0 atom stereocenters. The molecule has 274 valence electrons. The number of likely N-dealkylation sites (tertiary alicyclic amines) is 1. The summed E-state index contributed by atoms with van der Waals surface area (Å²) >= 11 is 1.55. The standard InChI is InChI=1S/C38H49NO7S3.ClH/c1-3-5-10-26-48(40,41)45-33-18-14-31(15-19-33)38-36(28-30-12-16-32(17-13-30)44-25-24-39-22-8-7-9-23-39)35-21-20-34(29-37(35)47-38)46-49(42,43)27-11-6-4-2;/h12-21,29H,3-11,22-28H2,1-2H3;1H. The molecule has 1 aliphatic rings. The zero-order valence-electron chi connectivity index (χ0n) is 29.1. The van der Waals surface area contributed by atoms with Crippen molar-refractivity contribution in [2.75, 3.05) is 37.7 Å². The third-order valence-electron chi connectivity index (χ3n) is 8.75. The van der Waals surface area contributed by atoms with Gasteiger partial charge in [0, 0.05) is 16.1 Å². The number of halogens is 1. The summed E-state index contributed by atoms with van der Waals surface area (Å²) in [4.78, 5) is 3.47. The molecule has 0 spiro atoms. The van der Waals surface area contributed by atoms with E-state index in [9.17, 15) is 16.8 Å². The van der Waals surface area contributed by atoms with E-state index in [-0.39, 0.29) is 29.7 Å². The van der Waals surface area contributed by atoms with Crippen LogP contribution < -0.4 is 13.1 Å². The molecule has 0 unspecified atom stereocenters. The number of unbranched alkanes of at least 4 members (excludes halogenated alkanes) is 4. The quantitative estimate of drug-likeness (QED) is 0.0689. The van der Waals surface area contributed by atoms with Gasteiger partial charge in [-0.1, -0.05) is 58.1 Å². The van der Waals surface area contributed by atoms with Gasteiger partial charge in [-0.25, -0.2) is 0 Å². The van der Waals surface area contributed by atoms with Crippen LogP contribution in [-0.4, -0.2) is 59.5 Å². The molecule has 2 heterocycles. The molecule has 3 aromatic carbocycles. The summed E-state index contributed by atoms with van der Waals surface area (Å²) in [6.07, 6.45) is 9.15. The van der Waals surface area contributed by atoms with E-state index >= 15 is 0 Å². The number of ether oxygens (including phenoxy) is 1. The van der Waals surface area contributed by atoms with E-state index in [4.69, 9.17) is 13.1 Å². The van der Waals surface area contributed by atoms with E-state index in [2.05, 4.69) is 17.0 Å². The Hall–Kier alpha value is -2.83. The number of hydrogen-bond acceptors (Lipinski definition) is 9. The van der Waals surface area contributed by atoms with Crippen molar-refractivity contribution in [1.82, 2.24) is 4.90 Å². The van der Waals surface area contributed by atoms with Crippen LogP contribution in [0.25, 0.3) is 20.5 Å². The molecule has 4 aromatic rings. The van der Waals surface area contributed by atoms with Crippen LogP contribution in [-0.2, 0) is 26.7 Å². The summed E-state index contributed by atoms with van der Waals surface area (Å²) in [7, 11) is -7.37. The van der Waals surface area contributed by atoms with Gasteiger partial charge in [0.2, 0.25) is 0 Å². The molecule has 50 heavy (non-hydrogen) atoms. The van der Waals surface area contributed by atoms with Crippen molar-refractivity contribution in [3.8, 4) is 27.7 Å². The smallest absolute Gasteiger partial charge is 0.309 e. The Morgan fingerprint density at radius 1 is 0.700 bits per heavy atom. The van der Waals surface area contributed by atoms with Gasteiger partial charge in [0.1, 0.15) is 23.9 Å². The summed E-state index contributed by atoms with van der Waals surface area (Å²) in [5, 5.41) is 1.01. The maximum atomic E-state index is 12.6. The van der Waals surface area contributed by atoms with E-state index in [1.807, 2.05) is 44.2 Å². The van der Waals surface area contributed by atoms with Gasteiger partial charge < -0.3 is 13.1 Å². The average molecular weight is 764 g/mol. The number of piperidine rings is 1. The largest absolute Gasteiger partial charge is 0.492 e. The van der Waals surface area contributed by atoms with Gasteiger partial charge in [-0.3, -0.25) is 4.90 Å². The Kier molecular flexibility index (Phi) is 15.3. The second-order valence-corrected chi connectivity index (χ2v) is 17.2. The summed E-state index contributed by atoms with van der Waals surface area (Å²) in [6.45, 7) is 7.96. The normalized spacial score (nSPS) is 14.0. The fourth-order valence-corrected chi connectivity index (χ4v) is 9.41. The van der Waals surface area contributed by atoms with E-state index in [1.54, 1.807) is 35.6 Å². The molecule has 1 fully saturated rings. The summed E-state index contributed by atoms with van der Waals surface area (Å²) in [5.41, 5.74) is 3.12. The maximum Gasteiger partial charge on any atom is 0.309 e. The number of fused-ring (bicyclic) bond motifs is 1. The Balaban J connectivity index is 0.00000562. The van der Waals surface area contributed by atoms with Crippen LogP contribution in [0.4, 0.5) is 0 Å². The van der Waals surface area contributed by atoms with Crippen LogP contribution in [0.1, 0.15) is 82.8 Å². The molecule has 0 N–H and O–H groups in total. The van der Waals surface area contributed by atoms with Crippen molar-refractivity contribution < 1.29 is 29.9 Å². The first-order valence-electron chi connectivity index (χ1n) is 17.6. The lowest BCUT2D eigenvalue weighted by molar-refractivity contribution is 0.183. The monoisotopic (exact) mass is 763 g/mol. The first kappa shape index (κ1) is 39.9. The summed E-state index contributed by atoms with van der Waals surface area (Å²) in [6, 6.07) is 20.8. The van der Waals surface area contributed by atoms with Crippen molar-refractivity contribution in [3.63, 3.8) is 0 Å². The second-order valence-electron chi connectivity index (χ2n) is 12.8. The zero-order valence-corrected chi connectivity index (χ0v) is 32.4. The molecular formula is C38H50ClNO7S3. The molecule has 8 nitrogen and oxygen atoms in total. The second kappa shape index (κ2) is 19.1. The third-order valence-corrected chi connectivity index (χ3v) is 12.5. The van der Waals surface area contributed by atoms with E-state index in [1.165, 1.54) is 19.3 Å². The van der Waals surface area contributed by atoms with Crippen molar-refractivity contribution >= 4 is 54.1 Å². The highest BCUT2D eigenvalue weighted by Gasteiger charge is 2.19. The highest BCUT2D eigenvalue weighted by atomic mass is 35.5. The molecule has 5 rings (SSSR count). The average Bonchev–Trinajstić information content (AvgIpc) is 3.43. The minimum absolute atomic E-state index is 0. The number of benzene rings is 3. The van der Waals surface area contributed by atoms with Crippen molar-refractivity contribution in [2.45, 2.75) is 78.1 Å². The van der Waals surface area contributed by atoms with E-state index in [0.717, 1.165) is 82.7 Å². The highest BCUT2D eigenvalue weighted by molar-refractivity contribution is 7.87. The molecule has 0 aliphatic carbocycles. The molecule has 12 heteroatoms. The molecule has 0 radical (unpaired) electrons. The molecule has 0 amide bonds. The lowest BCUT2D eigenvalue weighted by atomic mass is 9.99. The molecule has 1 saturated heterocycles. The van der Waals surface area contributed by atoms with Crippen LogP contribution in [0.5, 0.6) is 17.2 Å². The van der Waals surface area contributed by atoms with Crippen LogP contribution in [0.2, 0.25) is 0 Å². The van der Waals surface area contributed by atoms with E-state index in [0.29, 0.717) is 31.6 Å². The van der Waals surface area contributed by atoms with E-state index < -0.39 is 20.2 Å². The molecular weight excluding hydrogens is 714 g/mol. The number of thiophene rings is 1. The van der Waals surface area contributed by atoms with Gasteiger partial charge in [0.05, 0.1) is 11.5 Å². The Labute approximate surface area is 308 Å². The SMILES string of the molecule is CCCCCS(=O)(=O)Oc1ccc(-c2sc3cc(OS(=O)(=O)CCCCC)ccc3c2Cc2ccc(OCCN3CCCCC3)cc2)cc1.Cl. The lowest BCUT2D eigenvalue weighted by Crippen LogP contribution is -2.33. The Bertz CT molecular complexity index is 1850.